The number of benzene rings is 1. The number of amides is 1. The van der Waals surface area contributed by atoms with Gasteiger partial charge in [0.25, 0.3) is 0 Å². The van der Waals surface area contributed by atoms with Gasteiger partial charge in [-0.15, -0.1) is 24.0 Å². The third-order valence-corrected chi connectivity index (χ3v) is 5.21. The second kappa shape index (κ2) is 18.1. The number of likely N-dealkylation sites (tertiary alicyclic amines) is 1. The molecule has 1 heterocycles. The lowest BCUT2D eigenvalue weighted by Crippen LogP contribution is -2.39. The van der Waals surface area contributed by atoms with Crippen molar-refractivity contribution < 1.29 is 14.3 Å². The molecule has 1 atom stereocenters. The summed E-state index contributed by atoms with van der Waals surface area (Å²) < 4.78 is 11.1. The summed E-state index contributed by atoms with van der Waals surface area (Å²) in [5.74, 6) is 1.29. The second-order valence-corrected chi connectivity index (χ2v) is 7.87. The van der Waals surface area contributed by atoms with Crippen molar-refractivity contribution in [3.05, 3.63) is 35.9 Å². The number of hydrogen-bond acceptors (Lipinski definition) is 4. The van der Waals surface area contributed by atoms with Crippen molar-refractivity contribution in [3.8, 4) is 0 Å². The highest BCUT2D eigenvalue weighted by Crippen LogP contribution is 2.18. The van der Waals surface area contributed by atoms with Gasteiger partial charge in [0.05, 0.1) is 19.8 Å². The van der Waals surface area contributed by atoms with Gasteiger partial charge < -0.3 is 25.0 Å². The Morgan fingerprint density at radius 1 is 1.09 bits per heavy atom. The van der Waals surface area contributed by atoms with Crippen molar-refractivity contribution >= 4 is 35.8 Å². The number of ether oxygens (including phenoxy) is 2. The summed E-state index contributed by atoms with van der Waals surface area (Å²) >= 11 is 0. The molecule has 1 aliphatic rings. The van der Waals surface area contributed by atoms with E-state index in [0.717, 1.165) is 51.5 Å². The molecule has 1 fully saturated rings. The number of nitrogens with zero attached hydrogens (tertiary/aromatic N) is 2. The number of hydrogen-bond donors (Lipinski definition) is 2. The van der Waals surface area contributed by atoms with Crippen LogP contribution < -0.4 is 10.6 Å². The average molecular weight is 561 g/mol. The summed E-state index contributed by atoms with van der Waals surface area (Å²) in [6.07, 6.45) is 3.73. The Labute approximate surface area is 210 Å². The predicted octanol–water partition coefficient (Wildman–Crippen LogP) is 3.08. The first-order valence-corrected chi connectivity index (χ1v) is 11.7. The van der Waals surface area contributed by atoms with Gasteiger partial charge in [-0.3, -0.25) is 9.79 Å². The molecule has 7 nitrogen and oxygen atoms in total. The Kier molecular flexibility index (Phi) is 16.2. The minimum absolute atomic E-state index is 0. The Hall–Kier alpha value is -1.39. The summed E-state index contributed by atoms with van der Waals surface area (Å²) in [6.45, 7) is 10.6. The topological polar surface area (TPSA) is 75.2 Å². The number of guanidine groups is 1. The number of unbranched alkanes of at least 4 members (excludes halogenated alkanes) is 1. The highest BCUT2D eigenvalue weighted by Gasteiger charge is 2.28. The van der Waals surface area contributed by atoms with Gasteiger partial charge in [-0.25, -0.2) is 0 Å². The number of rotatable bonds is 15. The van der Waals surface area contributed by atoms with Crippen LogP contribution in [0.3, 0.4) is 0 Å². The zero-order valence-electron chi connectivity index (χ0n) is 19.7. The van der Waals surface area contributed by atoms with E-state index in [0.29, 0.717) is 39.3 Å². The van der Waals surface area contributed by atoms with E-state index < -0.39 is 0 Å². The largest absolute Gasteiger partial charge is 0.379 e. The monoisotopic (exact) mass is 560 g/mol. The molecule has 0 radical (unpaired) electrons. The van der Waals surface area contributed by atoms with Gasteiger partial charge in [0.15, 0.2) is 5.96 Å². The first kappa shape index (κ1) is 28.6. The summed E-state index contributed by atoms with van der Waals surface area (Å²) in [7, 11) is 0. The highest BCUT2D eigenvalue weighted by atomic mass is 127. The van der Waals surface area contributed by atoms with Crippen molar-refractivity contribution in [2.24, 2.45) is 10.9 Å². The molecular formula is C24H41IN4O3. The zero-order chi connectivity index (χ0) is 22.2. The molecular weight excluding hydrogens is 519 g/mol. The van der Waals surface area contributed by atoms with Gasteiger partial charge in [0.2, 0.25) is 5.91 Å². The van der Waals surface area contributed by atoms with Gasteiger partial charge in [-0.2, -0.15) is 0 Å². The zero-order valence-corrected chi connectivity index (χ0v) is 22.0. The van der Waals surface area contributed by atoms with Crippen LogP contribution in [0.15, 0.2) is 35.3 Å². The molecule has 1 saturated heterocycles. The summed E-state index contributed by atoms with van der Waals surface area (Å²) in [4.78, 5) is 19.0. The van der Waals surface area contributed by atoms with E-state index in [2.05, 4.69) is 34.7 Å². The molecule has 1 amide bonds. The SMILES string of the molecule is CCCCOCCOCCNC(=NCC1CC(=O)N(CCc2ccccc2)C1)NCC.I. The lowest BCUT2D eigenvalue weighted by atomic mass is 10.1. The molecule has 8 heteroatoms. The molecule has 0 aliphatic carbocycles. The Balaban J connectivity index is 0.00000512. The molecule has 2 N–H and O–H groups in total. The number of nitrogens with one attached hydrogen (secondary N) is 2. The molecule has 32 heavy (non-hydrogen) atoms. The molecule has 0 spiro atoms. The van der Waals surface area contributed by atoms with Crippen molar-refractivity contribution in [2.75, 3.05) is 59.2 Å². The minimum Gasteiger partial charge on any atom is -0.379 e. The maximum Gasteiger partial charge on any atom is 0.223 e. The molecule has 1 unspecified atom stereocenters. The van der Waals surface area contributed by atoms with E-state index in [1.807, 2.05) is 30.0 Å². The second-order valence-electron chi connectivity index (χ2n) is 7.87. The fourth-order valence-electron chi connectivity index (χ4n) is 3.47. The minimum atomic E-state index is 0. The number of carbonyl (C=O) groups is 1. The standard InChI is InChI=1S/C24H40N4O3.HI/c1-3-5-14-30-16-17-31-15-12-26-24(25-4-2)27-19-22-18-23(29)28(20-22)13-11-21-9-7-6-8-10-21;/h6-10,22H,3-5,11-20H2,1-2H3,(H2,25,26,27);1H. The van der Waals surface area contributed by atoms with Gasteiger partial charge >= 0.3 is 0 Å². The lowest BCUT2D eigenvalue weighted by molar-refractivity contribution is -0.127. The maximum atomic E-state index is 12.4. The molecule has 182 valence electrons. The van der Waals surface area contributed by atoms with Crippen LogP contribution in [0.4, 0.5) is 0 Å². The molecule has 0 aromatic heterocycles. The van der Waals surface area contributed by atoms with Crippen LogP contribution in [0, 0.1) is 5.92 Å². The van der Waals surface area contributed by atoms with E-state index in [-0.39, 0.29) is 35.8 Å². The van der Waals surface area contributed by atoms with Crippen molar-refractivity contribution in [1.29, 1.82) is 0 Å². The summed E-state index contributed by atoms with van der Waals surface area (Å²) in [6, 6.07) is 10.3. The molecule has 1 aromatic rings. The van der Waals surface area contributed by atoms with Crippen molar-refractivity contribution in [1.82, 2.24) is 15.5 Å². The Morgan fingerprint density at radius 2 is 1.84 bits per heavy atom. The van der Waals surface area contributed by atoms with E-state index in [4.69, 9.17) is 9.47 Å². The molecule has 0 saturated carbocycles. The predicted molar refractivity (Wildman–Crippen MR) is 141 cm³/mol. The quantitative estimate of drug-likeness (QED) is 0.149. The fraction of sp³-hybridized carbons (Fsp3) is 0.667. The van der Waals surface area contributed by atoms with E-state index in [9.17, 15) is 4.79 Å². The summed E-state index contributed by atoms with van der Waals surface area (Å²) in [5, 5.41) is 6.56. The number of carbonyl (C=O) groups excluding carboxylic acids is 1. The van der Waals surface area contributed by atoms with Crippen molar-refractivity contribution in [2.45, 2.75) is 39.5 Å². The smallest absolute Gasteiger partial charge is 0.223 e. The highest BCUT2D eigenvalue weighted by molar-refractivity contribution is 14.0. The van der Waals surface area contributed by atoms with E-state index in [1.165, 1.54) is 5.56 Å². The third-order valence-electron chi connectivity index (χ3n) is 5.21. The fourth-order valence-corrected chi connectivity index (χ4v) is 3.47. The maximum absolute atomic E-state index is 12.4. The van der Waals surface area contributed by atoms with Gasteiger partial charge in [0, 0.05) is 51.7 Å². The number of halogens is 1. The molecule has 2 rings (SSSR count). The molecule has 1 aromatic carbocycles. The molecule has 0 bridgehead atoms. The van der Waals surface area contributed by atoms with Gasteiger partial charge in [0.1, 0.15) is 0 Å². The lowest BCUT2D eigenvalue weighted by Gasteiger charge is -2.16. The first-order valence-electron chi connectivity index (χ1n) is 11.7. The first-order chi connectivity index (χ1) is 15.2. The average Bonchev–Trinajstić information content (AvgIpc) is 3.15. The summed E-state index contributed by atoms with van der Waals surface area (Å²) in [5.41, 5.74) is 1.27. The normalized spacial score (nSPS) is 16.2. The Morgan fingerprint density at radius 3 is 2.56 bits per heavy atom. The van der Waals surface area contributed by atoms with Crippen LogP contribution in [-0.4, -0.2) is 75.9 Å². The Bertz CT molecular complexity index is 645. The van der Waals surface area contributed by atoms with Crippen LogP contribution in [0.1, 0.15) is 38.7 Å². The number of aliphatic imine (C=N–C) groups is 1. The van der Waals surface area contributed by atoms with Crippen LogP contribution in [0.25, 0.3) is 0 Å². The van der Waals surface area contributed by atoms with Crippen LogP contribution in [0.5, 0.6) is 0 Å². The van der Waals surface area contributed by atoms with Crippen LogP contribution in [-0.2, 0) is 20.7 Å². The van der Waals surface area contributed by atoms with Crippen LogP contribution in [0.2, 0.25) is 0 Å². The molecule has 1 aliphatic heterocycles. The third kappa shape index (κ3) is 12.0. The van der Waals surface area contributed by atoms with Gasteiger partial charge in [-0.1, -0.05) is 43.7 Å². The van der Waals surface area contributed by atoms with E-state index >= 15 is 0 Å². The van der Waals surface area contributed by atoms with Crippen molar-refractivity contribution in [3.63, 3.8) is 0 Å². The van der Waals surface area contributed by atoms with E-state index in [1.54, 1.807) is 0 Å². The van der Waals surface area contributed by atoms with Crippen LogP contribution >= 0.6 is 24.0 Å². The van der Waals surface area contributed by atoms with Gasteiger partial charge in [-0.05, 0) is 25.3 Å².